The molecule has 1 amide bonds. The molecule has 2 aromatic rings. The van der Waals surface area contributed by atoms with Crippen molar-refractivity contribution in [3.05, 3.63) is 65.7 Å². The third kappa shape index (κ3) is 4.83. The second-order valence-electron chi connectivity index (χ2n) is 6.15. The first-order valence-corrected chi connectivity index (χ1v) is 8.56. The molecule has 0 aliphatic carbocycles. The van der Waals surface area contributed by atoms with Crippen molar-refractivity contribution in [2.45, 2.75) is 25.3 Å². The van der Waals surface area contributed by atoms with Gasteiger partial charge in [0.1, 0.15) is 5.75 Å². The molecule has 4 nitrogen and oxygen atoms in total. The molecule has 1 aliphatic rings. The predicted molar refractivity (Wildman–Crippen MR) is 95.2 cm³/mol. The molecule has 126 valence electrons. The molecule has 0 bridgehead atoms. The molecule has 0 atom stereocenters. The van der Waals surface area contributed by atoms with E-state index >= 15 is 0 Å². The average molecular weight is 324 g/mol. The first-order chi connectivity index (χ1) is 11.8. The number of carbonyl (C=O) groups is 1. The van der Waals surface area contributed by atoms with Crippen molar-refractivity contribution in [2.24, 2.45) is 0 Å². The molecule has 0 spiro atoms. The summed E-state index contributed by atoms with van der Waals surface area (Å²) in [6, 6.07) is 18.5. The maximum atomic E-state index is 12.1. The van der Waals surface area contributed by atoms with Crippen molar-refractivity contribution in [3.8, 4) is 5.75 Å². The normalized spacial score (nSPS) is 15.0. The fraction of sp³-hybridized carbons (Fsp3) is 0.350. The number of amides is 1. The third-order valence-corrected chi connectivity index (χ3v) is 4.27. The number of carbonyl (C=O) groups excluding carboxylic acids is 1. The van der Waals surface area contributed by atoms with E-state index in [-0.39, 0.29) is 18.6 Å². The first-order valence-electron chi connectivity index (χ1n) is 8.56. The van der Waals surface area contributed by atoms with Gasteiger partial charge >= 0.3 is 0 Å². The molecule has 3 rings (SSSR count). The van der Waals surface area contributed by atoms with E-state index < -0.39 is 0 Å². The molecule has 2 aromatic carbocycles. The Hall–Kier alpha value is -2.33. The highest BCUT2D eigenvalue weighted by Crippen LogP contribution is 2.21. The Morgan fingerprint density at radius 1 is 1.04 bits per heavy atom. The molecule has 1 heterocycles. The van der Waals surface area contributed by atoms with Crippen LogP contribution in [0.3, 0.4) is 0 Å². The Morgan fingerprint density at radius 3 is 2.54 bits per heavy atom. The van der Waals surface area contributed by atoms with Gasteiger partial charge in [0.05, 0.1) is 0 Å². The summed E-state index contributed by atoms with van der Waals surface area (Å²) in [5, 5.41) is 6.35. The highest BCUT2D eigenvalue weighted by atomic mass is 16.5. The summed E-state index contributed by atoms with van der Waals surface area (Å²) < 4.78 is 5.79. The van der Waals surface area contributed by atoms with Crippen LogP contribution in [0.1, 0.15) is 24.0 Å². The standard InChI is InChI=1S/C20H24N2O2/c23-20(22-18-10-12-21-13-11-18)15-24-19-9-5-4-8-17(19)14-16-6-2-1-3-7-16/h1-9,18,21H,10-15H2,(H,22,23). The van der Waals surface area contributed by atoms with Crippen LogP contribution in [0.2, 0.25) is 0 Å². The largest absolute Gasteiger partial charge is 0.483 e. The summed E-state index contributed by atoms with van der Waals surface area (Å²) in [7, 11) is 0. The second kappa shape index (κ2) is 8.50. The van der Waals surface area contributed by atoms with Crippen molar-refractivity contribution < 1.29 is 9.53 Å². The topological polar surface area (TPSA) is 50.4 Å². The Morgan fingerprint density at radius 2 is 1.75 bits per heavy atom. The lowest BCUT2D eigenvalue weighted by molar-refractivity contribution is -0.124. The monoisotopic (exact) mass is 324 g/mol. The Balaban J connectivity index is 1.55. The molecular weight excluding hydrogens is 300 g/mol. The zero-order valence-corrected chi connectivity index (χ0v) is 13.8. The van der Waals surface area contributed by atoms with Gasteiger partial charge in [0.15, 0.2) is 6.61 Å². The van der Waals surface area contributed by atoms with Crippen molar-refractivity contribution in [1.82, 2.24) is 10.6 Å². The molecule has 1 saturated heterocycles. The van der Waals surface area contributed by atoms with Crippen LogP contribution < -0.4 is 15.4 Å². The average Bonchev–Trinajstić information content (AvgIpc) is 2.63. The molecule has 4 heteroatoms. The van der Waals surface area contributed by atoms with E-state index in [1.807, 2.05) is 42.5 Å². The smallest absolute Gasteiger partial charge is 0.258 e. The Kier molecular flexibility index (Phi) is 5.85. The lowest BCUT2D eigenvalue weighted by atomic mass is 10.0. The van der Waals surface area contributed by atoms with E-state index in [9.17, 15) is 4.79 Å². The SMILES string of the molecule is O=C(COc1ccccc1Cc1ccccc1)NC1CCNCC1. The van der Waals surface area contributed by atoms with Gasteiger partial charge in [-0.2, -0.15) is 0 Å². The van der Waals surface area contributed by atoms with Gasteiger partial charge in [-0.3, -0.25) is 4.79 Å². The van der Waals surface area contributed by atoms with E-state index in [0.29, 0.717) is 0 Å². The van der Waals surface area contributed by atoms with E-state index in [0.717, 1.165) is 43.7 Å². The highest BCUT2D eigenvalue weighted by molar-refractivity contribution is 5.77. The van der Waals surface area contributed by atoms with Crippen LogP contribution in [0.25, 0.3) is 0 Å². The molecule has 0 radical (unpaired) electrons. The van der Waals surface area contributed by atoms with E-state index in [1.165, 1.54) is 5.56 Å². The molecule has 1 fully saturated rings. The molecule has 2 N–H and O–H groups in total. The number of hydrogen-bond donors (Lipinski definition) is 2. The summed E-state index contributed by atoms with van der Waals surface area (Å²) in [6.45, 7) is 1.99. The predicted octanol–water partition coefficient (Wildman–Crippen LogP) is 2.52. The van der Waals surface area contributed by atoms with Crippen LogP contribution in [0, 0.1) is 0 Å². The van der Waals surface area contributed by atoms with Gasteiger partial charge < -0.3 is 15.4 Å². The molecular formula is C20H24N2O2. The van der Waals surface area contributed by atoms with Crippen LogP contribution >= 0.6 is 0 Å². The number of rotatable bonds is 6. The summed E-state index contributed by atoms with van der Waals surface area (Å²) in [5.41, 5.74) is 2.33. The van der Waals surface area contributed by atoms with E-state index in [4.69, 9.17) is 4.74 Å². The van der Waals surface area contributed by atoms with Crippen molar-refractivity contribution in [1.29, 1.82) is 0 Å². The number of nitrogens with one attached hydrogen (secondary N) is 2. The maximum Gasteiger partial charge on any atom is 0.258 e. The molecule has 24 heavy (non-hydrogen) atoms. The first kappa shape index (κ1) is 16.5. The second-order valence-corrected chi connectivity index (χ2v) is 6.15. The van der Waals surface area contributed by atoms with Crippen molar-refractivity contribution >= 4 is 5.91 Å². The molecule has 0 saturated carbocycles. The zero-order valence-electron chi connectivity index (χ0n) is 13.8. The van der Waals surface area contributed by atoms with Crippen LogP contribution in [0.5, 0.6) is 5.75 Å². The van der Waals surface area contributed by atoms with Crippen molar-refractivity contribution in [2.75, 3.05) is 19.7 Å². The number of para-hydroxylation sites is 1. The van der Waals surface area contributed by atoms with Crippen LogP contribution in [0.15, 0.2) is 54.6 Å². The fourth-order valence-electron chi connectivity index (χ4n) is 2.99. The summed E-state index contributed by atoms with van der Waals surface area (Å²) in [5.74, 6) is 0.734. The van der Waals surface area contributed by atoms with Crippen molar-refractivity contribution in [3.63, 3.8) is 0 Å². The fourth-order valence-corrected chi connectivity index (χ4v) is 2.99. The zero-order chi connectivity index (χ0) is 16.6. The minimum atomic E-state index is -0.0450. The van der Waals surface area contributed by atoms with Crippen LogP contribution in [0.4, 0.5) is 0 Å². The summed E-state index contributed by atoms with van der Waals surface area (Å²) in [6.07, 6.45) is 2.76. The third-order valence-electron chi connectivity index (χ3n) is 4.27. The van der Waals surface area contributed by atoms with Crippen LogP contribution in [-0.4, -0.2) is 31.6 Å². The molecule has 0 unspecified atom stereocenters. The summed E-state index contributed by atoms with van der Waals surface area (Å²) >= 11 is 0. The van der Waals surface area contributed by atoms with Gasteiger partial charge in [0.2, 0.25) is 0 Å². The minimum Gasteiger partial charge on any atom is -0.483 e. The lowest BCUT2D eigenvalue weighted by Crippen LogP contribution is -2.44. The van der Waals surface area contributed by atoms with Gasteiger partial charge in [-0.15, -0.1) is 0 Å². The lowest BCUT2D eigenvalue weighted by Gasteiger charge is -2.23. The Labute approximate surface area is 143 Å². The number of piperidine rings is 1. The van der Waals surface area contributed by atoms with E-state index in [2.05, 4.69) is 22.8 Å². The maximum absolute atomic E-state index is 12.1. The molecule has 1 aliphatic heterocycles. The summed E-state index contributed by atoms with van der Waals surface area (Å²) in [4.78, 5) is 12.1. The number of hydrogen-bond acceptors (Lipinski definition) is 3. The highest BCUT2D eigenvalue weighted by Gasteiger charge is 2.15. The van der Waals surface area contributed by atoms with Gasteiger partial charge in [-0.25, -0.2) is 0 Å². The Bertz CT molecular complexity index is 652. The van der Waals surface area contributed by atoms with E-state index in [1.54, 1.807) is 0 Å². The quantitative estimate of drug-likeness (QED) is 0.858. The van der Waals surface area contributed by atoms with Gasteiger partial charge in [-0.05, 0) is 43.1 Å². The van der Waals surface area contributed by atoms with Crippen LogP contribution in [-0.2, 0) is 11.2 Å². The minimum absolute atomic E-state index is 0.0450. The number of benzene rings is 2. The van der Waals surface area contributed by atoms with Gasteiger partial charge in [0, 0.05) is 12.5 Å². The number of ether oxygens (including phenoxy) is 1. The van der Waals surface area contributed by atoms with Gasteiger partial charge in [0.25, 0.3) is 5.91 Å². The molecule has 0 aromatic heterocycles. The van der Waals surface area contributed by atoms with Gasteiger partial charge in [-0.1, -0.05) is 48.5 Å².